The van der Waals surface area contributed by atoms with Crippen molar-refractivity contribution < 1.29 is 22.7 Å². The second-order valence-corrected chi connectivity index (χ2v) is 8.28. The number of alkyl halides is 3. The third-order valence-corrected chi connectivity index (χ3v) is 6.05. The molecule has 1 amide bonds. The van der Waals surface area contributed by atoms with Crippen LogP contribution >= 0.6 is 0 Å². The lowest BCUT2D eigenvalue weighted by molar-refractivity contribution is -0.141. The molecule has 0 aliphatic heterocycles. The fourth-order valence-corrected chi connectivity index (χ4v) is 4.31. The predicted molar refractivity (Wildman–Crippen MR) is 119 cm³/mol. The Morgan fingerprint density at radius 3 is 2.70 bits per heavy atom. The summed E-state index contributed by atoms with van der Waals surface area (Å²) in [6.45, 7) is 3.83. The summed E-state index contributed by atoms with van der Waals surface area (Å²) in [5.74, 6) is 0.282. The zero-order valence-corrected chi connectivity index (χ0v) is 18.2. The Labute approximate surface area is 189 Å². The number of allylic oxidation sites excluding steroid dienone is 1. The lowest BCUT2D eigenvalue weighted by Gasteiger charge is -2.27. The first-order valence-corrected chi connectivity index (χ1v) is 10.8. The van der Waals surface area contributed by atoms with Crippen molar-refractivity contribution in [2.75, 3.05) is 12.4 Å². The molecule has 4 rings (SSSR count). The first kappa shape index (κ1) is 22.8. The standard InChI is InChI=1S/C24H25F3N4O2/c1-3-5-15-8-10-17(11-9-15)31-14-16-12-20(21(33-2)13-19(16)30-31)29-23(32)18-6-4-7-22(28-18)24(25,26)27/h3-4,6-7,12-15,17H,1,5,8-11H2,2H3,(H,29,32). The third kappa shape index (κ3) is 5.02. The van der Waals surface area contributed by atoms with Crippen LogP contribution < -0.4 is 10.1 Å². The molecule has 6 nitrogen and oxygen atoms in total. The number of halogens is 3. The van der Waals surface area contributed by atoms with Crippen molar-refractivity contribution >= 4 is 22.5 Å². The first-order valence-electron chi connectivity index (χ1n) is 10.8. The van der Waals surface area contributed by atoms with Crippen LogP contribution in [0.1, 0.15) is 54.3 Å². The van der Waals surface area contributed by atoms with Crippen LogP contribution in [0, 0.1) is 5.92 Å². The molecular formula is C24H25F3N4O2. The normalized spacial score (nSPS) is 18.8. The van der Waals surface area contributed by atoms with Crippen molar-refractivity contribution in [2.24, 2.45) is 5.92 Å². The van der Waals surface area contributed by atoms with E-state index in [2.05, 4.69) is 16.9 Å². The van der Waals surface area contributed by atoms with Gasteiger partial charge in [0.2, 0.25) is 0 Å². The monoisotopic (exact) mass is 458 g/mol. The van der Waals surface area contributed by atoms with Crippen LogP contribution in [0.15, 0.2) is 49.2 Å². The van der Waals surface area contributed by atoms with Gasteiger partial charge < -0.3 is 10.1 Å². The first-order chi connectivity index (χ1) is 15.8. The molecule has 9 heteroatoms. The lowest BCUT2D eigenvalue weighted by atomic mass is 9.84. The Morgan fingerprint density at radius 2 is 2.03 bits per heavy atom. The molecule has 1 aromatic carbocycles. The number of ether oxygens (including phenoxy) is 1. The topological polar surface area (TPSA) is 69.0 Å². The smallest absolute Gasteiger partial charge is 0.433 e. The molecule has 1 saturated carbocycles. The summed E-state index contributed by atoms with van der Waals surface area (Å²) in [5, 5.41) is 8.12. The Kier molecular flexibility index (Phi) is 6.40. The molecule has 2 aromatic heterocycles. The van der Waals surface area contributed by atoms with E-state index >= 15 is 0 Å². The number of amides is 1. The number of methoxy groups -OCH3 is 1. The van der Waals surface area contributed by atoms with E-state index < -0.39 is 17.8 Å². The highest BCUT2D eigenvalue weighted by Gasteiger charge is 2.33. The van der Waals surface area contributed by atoms with Gasteiger partial charge in [0.25, 0.3) is 5.91 Å². The average Bonchev–Trinajstić information content (AvgIpc) is 3.21. The van der Waals surface area contributed by atoms with Gasteiger partial charge >= 0.3 is 6.18 Å². The van der Waals surface area contributed by atoms with E-state index in [-0.39, 0.29) is 5.69 Å². The number of hydrogen-bond acceptors (Lipinski definition) is 4. The molecule has 0 bridgehead atoms. The Morgan fingerprint density at radius 1 is 1.27 bits per heavy atom. The van der Waals surface area contributed by atoms with Gasteiger partial charge in [-0.2, -0.15) is 18.3 Å². The van der Waals surface area contributed by atoms with Crippen molar-refractivity contribution in [3.63, 3.8) is 0 Å². The summed E-state index contributed by atoms with van der Waals surface area (Å²) >= 11 is 0. The van der Waals surface area contributed by atoms with Crippen LogP contribution in [-0.2, 0) is 6.18 Å². The van der Waals surface area contributed by atoms with Gasteiger partial charge in [0.15, 0.2) is 0 Å². The maximum atomic E-state index is 12.9. The van der Waals surface area contributed by atoms with Crippen LogP contribution in [0.4, 0.5) is 18.9 Å². The molecule has 1 aliphatic carbocycles. The van der Waals surface area contributed by atoms with Gasteiger partial charge in [-0.3, -0.25) is 9.48 Å². The van der Waals surface area contributed by atoms with E-state index in [1.807, 2.05) is 17.0 Å². The van der Waals surface area contributed by atoms with Gasteiger partial charge in [-0.1, -0.05) is 12.1 Å². The highest BCUT2D eigenvalue weighted by molar-refractivity contribution is 6.05. The summed E-state index contributed by atoms with van der Waals surface area (Å²) in [7, 11) is 1.46. The molecule has 2 heterocycles. The molecule has 0 spiro atoms. The molecule has 0 atom stereocenters. The quantitative estimate of drug-likeness (QED) is 0.459. The number of nitrogens with one attached hydrogen (secondary N) is 1. The van der Waals surface area contributed by atoms with Crippen molar-refractivity contribution in [1.29, 1.82) is 0 Å². The molecule has 0 saturated heterocycles. The lowest BCUT2D eigenvalue weighted by Crippen LogP contribution is -2.18. The number of aromatic nitrogens is 3. The van der Waals surface area contributed by atoms with Gasteiger partial charge in [-0.05, 0) is 56.2 Å². The number of nitrogens with zero attached hydrogens (tertiary/aromatic N) is 3. The van der Waals surface area contributed by atoms with Crippen LogP contribution in [0.25, 0.3) is 10.9 Å². The summed E-state index contributed by atoms with van der Waals surface area (Å²) in [6.07, 6.45) is 4.64. The Hall–Kier alpha value is -3.36. The Bertz CT molecular complexity index is 1160. The molecule has 0 unspecified atom stereocenters. The van der Waals surface area contributed by atoms with Crippen LogP contribution in [0.2, 0.25) is 0 Å². The zero-order chi connectivity index (χ0) is 23.6. The number of pyridine rings is 1. The summed E-state index contributed by atoms with van der Waals surface area (Å²) in [4.78, 5) is 16.1. The molecular weight excluding hydrogens is 433 g/mol. The van der Waals surface area contributed by atoms with Crippen molar-refractivity contribution in [1.82, 2.24) is 14.8 Å². The third-order valence-electron chi connectivity index (χ3n) is 6.05. The number of anilines is 1. The average molecular weight is 458 g/mol. The number of benzene rings is 1. The largest absolute Gasteiger partial charge is 0.494 e. The minimum absolute atomic E-state index is 0.303. The molecule has 3 aromatic rings. The van der Waals surface area contributed by atoms with Crippen molar-refractivity contribution in [2.45, 2.75) is 44.3 Å². The van der Waals surface area contributed by atoms with E-state index in [9.17, 15) is 18.0 Å². The SMILES string of the molecule is C=CCC1CCC(n2cc3cc(NC(=O)c4cccc(C(F)(F)F)n4)c(OC)cc3n2)CC1. The molecule has 33 heavy (non-hydrogen) atoms. The van der Waals surface area contributed by atoms with E-state index in [4.69, 9.17) is 9.84 Å². The summed E-state index contributed by atoms with van der Waals surface area (Å²) in [6, 6.07) is 6.94. The highest BCUT2D eigenvalue weighted by atomic mass is 19.4. The maximum absolute atomic E-state index is 12.9. The minimum atomic E-state index is -4.63. The second kappa shape index (κ2) is 9.25. The molecule has 1 N–H and O–H groups in total. The van der Waals surface area contributed by atoms with Gasteiger partial charge in [-0.15, -0.1) is 6.58 Å². The molecule has 1 fully saturated rings. The number of carbonyl (C=O) groups is 1. The minimum Gasteiger partial charge on any atom is -0.494 e. The second-order valence-electron chi connectivity index (χ2n) is 8.28. The van der Waals surface area contributed by atoms with Crippen LogP contribution in [-0.4, -0.2) is 27.8 Å². The molecule has 1 aliphatic rings. The highest BCUT2D eigenvalue weighted by Crippen LogP contribution is 2.36. The van der Waals surface area contributed by atoms with E-state index in [1.165, 1.54) is 13.2 Å². The van der Waals surface area contributed by atoms with Crippen LogP contribution in [0.3, 0.4) is 0 Å². The number of rotatable bonds is 6. The van der Waals surface area contributed by atoms with Gasteiger partial charge in [0, 0.05) is 17.6 Å². The van der Waals surface area contributed by atoms with Crippen molar-refractivity contribution in [3.05, 3.63) is 60.6 Å². The summed E-state index contributed by atoms with van der Waals surface area (Å²) < 4.78 is 46.2. The maximum Gasteiger partial charge on any atom is 0.433 e. The molecule has 0 radical (unpaired) electrons. The fraction of sp³-hybridized carbons (Fsp3) is 0.375. The molecule has 174 valence electrons. The van der Waals surface area contributed by atoms with E-state index in [1.54, 1.807) is 12.1 Å². The van der Waals surface area contributed by atoms with Gasteiger partial charge in [0.1, 0.15) is 17.1 Å². The van der Waals surface area contributed by atoms with Crippen molar-refractivity contribution in [3.8, 4) is 5.75 Å². The predicted octanol–water partition coefficient (Wildman–Crippen LogP) is 6.02. The number of fused-ring (bicyclic) bond motifs is 1. The van der Waals surface area contributed by atoms with E-state index in [0.717, 1.165) is 55.1 Å². The summed E-state index contributed by atoms with van der Waals surface area (Å²) in [5.41, 5.74) is -0.403. The fourth-order valence-electron chi connectivity index (χ4n) is 4.31. The van der Waals surface area contributed by atoms with Gasteiger partial charge in [-0.25, -0.2) is 4.98 Å². The number of hydrogen-bond donors (Lipinski definition) is 1. The van der Waals surface area contributed by atoms with Gasteiger partial charge in [0.05, 0.1) is 24.4 Å². The van der Waals surface area contributed by atoms with E-state index in [0.29, 0.717) is 23.4 Å². The Balaban J connectivity index is 1.56. The van der Waals surface area contributed by atoms with Crippen LogP contribution in [0.5, 0.6) is 5.75 Å². The number of carbonyl (C=O) groups excluding carboxylic acids is 1. The zero-order valence-electron chi connectivity index (χ0n) is 18.2.